The zero-order valence-electron chi connectivity index (χ0n) is 18.2. The van der Waals surface area contributed by atoms with Crippen molar-refractivity contribution in [3.63, 3.8) is 0 Å². The monoisotopic (exact) mass is 485 g/mol. The number of aliphatic hydroxyl groups is 1. The third-order valence-corrected chi connectivity index (χ3v) is 6.38. The molecule has 0 radical (unpaired) electrons. The predicted octanol–water partition coefficient (Wildman–Crippen LogP) is 4.99. The highest BCUT2D eigenvalue weighted by Crippen LogP contribution is 2.42. The van der Waals surface area contributed by atoms with E-state index in [4.69, 9.17) is 25.5 Å². The number of amides is 1. The van der Waals surface area contributed by atoms with Crippen LogP contribution in [0.3, 0.4) is 0 Å². The number of Topliss-reactive ketones (excluding diaryl/α,β-unsaturated/α-hetero) is 1. The van der Waals surface area contributed by atoms with Gasteiger partial charge in [0.25, 0.3) is 5.91 Å². The standard InChI is InChI=1S/C25H21ClFNO6/c1-32-19-11-14(26)9-13-10-18(34-24(13)19)22(29)20-21(16-6-2-3-7-17(16)27)28(25(31)23(20)30)12-15-5-4-8-33-15/h2-3,6-7,9-11,15,21,30H,4-5,8,12H2,1H3. The van der Waals surface area contributed by atoms with Crippen LogP contribution in [0, 0.1) is 5.82 Å². The minimum absolute atomic E-state index is 0.0954. The molecule has 0 saturated carbocycles. The van der Waals surface area contributed by atoms with Gasteiger partial charge in [-0.2, -0.15) is 0 Å². The van der Waals surface area contributed by atoms with Crippen molar-refractivity contribution in [1.29, 1.82) is 0 Å². The molecule has 34 heavy (non-hydrogen) atoms. The molecule has 1 aromatic heterocycles. The SMILES string of the molecule is COc1cc(Cl)cc2cc(C(=O)C3=C(O)C(=O)N(CC4CCCO4)C3c3ccccc3F)oc12. The van der Waals surface area contributed by atoms with Crippen LogP contribution in [0.1, 0.15) is 35.0 Å². The second-order valence-corrected chi connectivity index (χ2v) is 8.68. The Morgan fingerprint density at radius 1 is 1.29 bits per heavy atom. The van der Waals surface area contributed by atoms with Crippen molar-refractivity contribution in [3.05, 3.63) is 76.0 Å². The number of rotatable bonds is 6. The summed E-state index contributed by atoms with van der Waals surface area (Å²) in [5.41, 5.74) is 0.133. The van der Waals surface area contributed by atoms with Crippen LogP contribution >= 0.6 is 11.6 Å². The Hall–Kier alpha value is -3.36. The Morgan fingerprint density at radius 2 is 2.09 bits per heavy atom. The quantitative estimate of drug-likeness (QED) is 0.495. The fraction of sp³-hybridized carbons (Fsp3) is 0.280. The maximum atomic E-state index is 14.9. The van der Waals surface area contributed by atoms with E-state index in [-0.39, 0.29) is 29.5 Å². The van der Waals surface area contributed by atoms with Crippen molar-refractivity contribution in [2.24, 2.45) is 0 Å². The molecule has 0 aliphatic carbocycles. The van der Waals surface area contributed by atoms with Gasteiger partial charge in [-0.05, 0) is 31.0 Å². The number of carbonyl (C=O) groups excluding carboxylic acids is 2. The van der Waals surface area contributed by atoms with E-state index >= 15 is 0 Å². The number of ether oxygens (including phenoxy) is 2. The van der Waals surface area contributed by atoms with Crippen LogP contribution in [0.15, 0.2) is 58.2 Å². The van der Waals surface area contributed by atoms with Gasteiger partial charge < -0.3 is 23.9 Å². The molecule has 5 rings (SSSR count). The van der Waals surface area contributed by atoms with E-state index in [1.807, 2.05) is 0 Å². The van der Waals surface area contributed by atoms with Crippen molar-refractivity contribution < 1.29 is 33.0 Å². The molecule has 3 aromatic rings. The maximum absolute atomic E-state index is 14.9. The average molecular weight is 486 g/mol. The Morgan fingerprint density at radius 3 is 2.79 bits per heavy atom. The van der Waals surface area contributed by atoms with Gasteiger partial charge in [-0.25, -0.2) is 4.39 Å². The minimum atomic E-state index is -1.14. The second kappa shape index (κ2) is 8.77. The zero-order valence-corrected chi connectivity index (χ0v) is 19.0. The first kappa shape index (κ1) is 22.4. The Kier molecular flexibility index (Phi) is 5.79. The van der Waals surface area contributed by atoms with Gasteiger partial charge in [0, 0.05) is 35.2 Å². The molecule has 9 heteroatoms. The summed E-state index contributed by atoms with van der Waals surface area (Å²) in [5.74, 6) is -2.64. The summed E-state index contributed by atoms with van der Waals surface area (Å²) in [6.07, 6.45) is 1.30. The summed E-state index contributed by atoms with van der Waals surface area (Å²) in [6, 6.07) is 9.33. The number of benzene rings is 2. The number of aliphatic hydroxyl groups excluding tert-OH is 1. The van der Waals surface area contributed by atoms with Crippen LogP contribution in [-0.4, -0.2) is 48.1 Å². The average Bonchev–Trinajstić information content (AvgIpc) is 3.54. The van der Waals surface area contributed by atoms with Gasteiger partial charge in [0.05, 0.1) is 24.8 Å². The number of furan rings is 1. The molecule has 2 aliphatic rings. The third kappa shape index (κ3) is 3.73. The van der Waals surface area contributed by atoms with Gasteiger partial charge in [-0.15, -0.1) is 0 Å². The van der Waals surface area contributed by atoms with Crippen LogP contribution < -0.4 is 4.74 Å². The number of ketones is 1. The molecule has 0 spiro atoms. The summed E-state index contributed by atoms with van der Waals surface area (Å²) in [6.45, 7) is 0.674. The van der Waals surface area contributed by atoms with Gasteiger partial charge in [0.15, 0.2) is 22.9 Å². The first-order valence-corrected chi connectivity index (χ1v) is 11.2. The van der Waals surface area contributed by atoms with Crippen molar-refractivity contribution in [2.45, 2.75) is 25.0 Å². The Labute approximate surface area is 199 Å². The number of fused-ring (bicyclic) bond motifs is 1. The van der Waals surface area contributed by atoms with Crippen LogP contribution in [0.2, 0.25) is 5.02 Å². The van der Waals surface area contributed by atoms with Crippen LogP contribution in [0.25, 0.3) is 11.0 Å². The van der Waals surface area contributed by atoms with E-state index in [0.717, 1.165) is 12.8 Å². The summed E-state index contributed by atoms with van der Waals surface area (Å²) >= 11 is 6.12. The van der Waals surface area contributed by atoms with E-state index in [9.17, 15) is 19.1 Å². The highest BCUT2D eigenvalue weighted by molar-refractivity contribution is 6.31. The first-order valence-electron chi connectivity index (χ1n) is 10.8. The lowest BCUT2D eigenvalue weighted by Crippen LogP contribution is -2.37. The van der Waals surface area contributed by atoms with Crippen molar-refractivity contribution in [1.82, 2.24) is 4.90 Å². The molecule has 2 unspecified atom stereocenters. The normalized spacial score (nSPS) is 20.6. The number of hydrogen-bond acceptors (Lipinski definition) is 6. The first-order chi connectivity index (χ1) is 16.4. The molecule has 1 fully saturated rings. The zero-order chi connectivity index (χ0) is 24.0. The van der Waals surface area contributed by atoms with Crippen LogP contribution in [0.4, 0.5) is 4.39 Å². The van der Waals surface area contributed by atoms with Crippen molar-refractivity contribution in [3.8, 4) is 5.75 Å². The summed E-state index contributed by atoms with van der Waals surface area (Å²) in [5, 5.41) is 11.7. The molecule has 7 nitrogen and oxygen atoms in total. The summed E-state index contributed by atoms with van der Waals surface area (Å²) < 4.78 is 31.6. The van der Waals surface area contributed by atoms with E-state index in [1.54, 1.807) is 18.2 Å². The maximum Gasteiger partial charge on any atom is 0.290 e. The molecular weight excluding hydrogens is 465 g/mol. The van der Waals surface area contributed by atoms with Gasteiger partial charge >= 0.3 is 0 Å². The molecule has 2 aliphatic heterocycles. The van der Waals surface area contributed by atoms with Crippen molar-refractivity contribution in [2.75, 3.05) is 20.3 Å². The smallest absolute Gasteiger partial charge is 0.290 e. The fourth-order valence-electron chi connectivity index (χ4n) is 4.58. The topological polar surface area (TPSA) is 89.2 Å². The number of carbonyl (C=O) groups is 2. The molecule has 0 bridgehead atoms. The molecule has 2 atom stereocenters. The number of hydrogen-bond donors (Lipinski definition) is 1. The lowest BCUT2D eigenvalue weighted by molar-refractivity contribution is -0.131. The van der Waals surface area contributed by atoms with Gasteiger partial charge in [0.1, 0.15) is 5.82 Å². The lowest BCUT2D eigenvalue weighted by Gasteiger charge is -2.29. The number of nitrogens with zero attached hydrogens (tertiary/aromatic N) is 1. The molecular formula is C25H21ClFNO6. The van der Waals surface area contributed by atoms with E-state index < -0.39 is 29.3 Å². The summed E-state index contributed by atoms with van der Waals surface area (Å²) in [7, 11) is 1.44. The second-order valence-electron chi connectivity index (χ2n) is 8.25. The number of methoxy groups -OCH3 is 1. The van der Waals surface area contributed by atoms with Gasteiger partial charge in [-0.3, -0.25) is 9.59 Å². The van der Waals surface area contributed by atoms with Crippen LogP contribution in [-0.2, 0) is 9.53 Å². The van der Waals surface area contributed by atoms with E-state index in [0.29, 0.717) is 28.3 Å². The Bertz CT molecular complexity index is 1330. The Balaban J connectivity index is 1.60. The largest absolute Gasteiger partial charge is 0.503 e. The fourth-order valence-corrected chi connectivity index (χ4v) is 4.80. The highest BCUT2D eigenvalue weighted by atomic mass is 35.5. The molecule has 2 aromatic carbocycles. The third-order valence-electron chi connectivity index (χ3n) is 6.16. The van der Waals surface area contributed by atoms with Crippen molar-refractivity contribution >= 4 is 34.3 Å². The number of halogens is 2. The van der Waals surface area contributed by atoms with E-state index in [2.05, 4.69) is 0 Å². The van der Waals surface area contributed by atoms with E-state index in [1.165, 1.54) is 36.3 Å². The minimum Gasteiger partial charge on any atom is -0.503 e. The summed E-state index contributed by atoms with van der Waals surface area (Å²) in [4.78, 5) is 28.0. The lowest BCUT2D eigenvalue weighted by atomic mass is 9.94. The highest BCUT2D eigenvalue weighted by Gasteiger charge is 2.46. The molecule has 1 amide bonds. The van der Waals surface area contributed by atoms with Crippen LogP contribution in [0.5, 0.6) is 5.75 Å². The molecule has 3 heterocycles. The molecule has 1 N–H and O–H groups in total. The molecule has 176 valence electrons. The van der Waals surface area contributed by atoms with Gasteiger partial charge in [-0.1, -0.05) is 29.8 Å². The molecule has 1 saturated heterocycles. The van der Waals surface area contributed by atoms with Gasteiger partial charge in [0.2, 0.25) is 5.78 Å². The predicted molar refractivity (Wildman–Crippen MR) is 122 cm³/mol.